The van der Waals surface area contributed by atoms with E-state index in [1.807, 2.05) is 0 Å². The van der Waals surface area contributed by atoms with Crippen LogP contribution in [0.1, 0.15) is 8.35 Å². The van der Waals surface area contributed by atoms with E-state index in [0.717, 1.165) is 0 Å². The molecule has 11 heavy (non-hydrogen) atoms. The van der Waals surface area contributed by atoms with Gasteiger partial charge in [0, 0.05) is 26.4 Å². The van der Waals surface area contributed by atoms with Crippen molar-refractivity contribution >= 4 is 7.81 Å². The summed E-state index contributed by atoms with van der Waals surface area (Å²) in [6.45, 7) is 1.43. The molecule has 0 amide bonds. The van der Waals surface area contributed by atoms with Crippen LogP contribution in [0.2, 0.25) is 0 Å². The van der Waals surface area contributed by atoms with Gasteiger partial charge in [-0.1, -0.05) is 0 Å². The van der Waals surface area contributed by atoms with Crippen molar-refractivity contribution in [3.05, 3.63) is 0 Å². The molecule has 73 valence electrons. The maximum absolute atomic E-state index is 10.7. The second kappa shape index (κ2) is 3.24. The fourth-order valence-electron chi connectivity index (χ4n) is 0. The summed E-state index contributed by atoms with van der Waals surface area (Å²) in [6.07, 6.45) is 0. The summed E-state index contributed by atoms with van der Waals surface area (Å²) < 4.78 is 59.2. The predicted molar refractivity (Wildman–Crippen MR) is 26.0 cm³/mol. The van der Waals surface area contributed by atoms with Crippen LogP contribution in [0.4, 0.5) is 25.2 Å². The van der Waals surface area contributed by atoms with E-state index in [4.69, 9.17) is 5.26 Å². The van der Waals surface area contributed by atoms with Gasteiger partial charge in [0.25, 0.3) is 0 Å². The van der Waals surface area contributed by atoms with Gasteiger partial charge in [0.15, 0.2) is 0 Å². The minimum absolute atomic E-state index is 0. The van der Waals surface area contributed by atoms with Crippen LogP contribution < -0.4 is 0 Å². The largest absolute Gasteiger partial charge is 1.00 e. The van der Waals surface area contributed by atoms with E-state index < -0.39 is 7.81 Å². The average molecular weight is 290 g/mol. The maximum atomic E-state index is 9.87. The molecule has 0 aliphatic rings. The van der Waals surface area contributed by atoms with Crippen LogP contribution in [0, 0.1) is 11.3 Å². The number of nitriles is 1. The van der Waals surface area contributed by atoms with Crippen molar-refractivity contribution < 1.29 is 46.1 Å². The van der Waals surface area contributed by atoms with Crippen LogP contribution in [0.3, 0.4) is 0 Å². The smallest absolute Gasteiger partial charge is 0 e. The molecule has 0 unspecified atom stereocenters. The quantitative estimate of drug-likeness (QED) is 0.375. The van der Waals surface area contributed by atoms with Gasteiger partial charge in [-0.05, 0) is 0 Å². The molecule has 0 fully saturated rings. The first-order chi connectivity index (χ1) is 3.86. The number of nitrogens with zero attached hydrogens (tertiary/aromatic N) is 1. The molecule has 1 nitrogen and oxygen atoms in total. The van der Waals surface area contributed by atoms with Crippen molar-refractivity contribution in [1.82, 2.24) is 0 Å². The molecule has 0 aliphatic heterocycles. The number of hydrogen-bond donors (Lipinski definition) is 0. The minimum atomic E-state index is -10.7. The Morgan fingerprint density at radius 1 is 1.09 bits per heavy atom. The molecule has 1 radical (unpaired) electrons. The second-order valence-corrected chi connectivity index (χ2v) is 3.10. The zero-order chi connectivity index (χ0) is 9.12. The van der Waals surface area contributed by atoms with Gasteiger partial charge in [-0.15, -0.1) is 0 Å². The fraction of sp³-hybridized carbons (Fsp3) is 0.500. The summed E-state index contributed by atoms with van der Waals surface area (Å²) >= 11 is 0. The summed E-state index contributed by atoms with van der Waals surface area (Å²) in [5.41, 5.74) is 0. The third kappa shape index (κ3) is 43900. The van der Waals surface area contributed by atoms with Crippen LogP contribution in [0.25, 0.3) is 0 Å². The molecule has 0 aromatic rings. The minimum Gasteiger partial charge on any atom is 0 e. The molecule has 9 heteroatoms. The van der Waals surface area contributed by atoms with Crippen molar-refractivity contribution in [3.63, 3.8) is 0 Å². The molecule has 0 aliphatic carbocycles. The third-order valence-electron chi connectivity index (χ3n) is 0. The van der Waals surface area contributed by atoms with Gasteiger partial charge in [-0.3, -0.25) is 0 Å². The van der Waals surface area contributed by atoms with E-state index in [2.05, 4.69) is 0 Å². The van der Waals surface area contributed by atoms with Gasteiger partial charge in [-0.2, -0.15) is 5.26 Å². The fourth-order valence-corrected chi connectivity index (χ4v) is 0. The zero-order valence-electron chi connectivity index (χ0n) is 6.00. The summed E-state index contributed by atoms with van der Waals surface area (Å²) in [7, 11) is -10.7. The normalized spacial score (nSPS) is 15.5. The standard InChI is InChI=1S/C2H3N.F6P.Rh/c1-2-3;1-7(2,3,4,5)6;/h1H3;;/q;-1;/p+1. The van der Waals surface area contributed by atoms with Crippen LogP contribution in [0.15, 0.2) is 0 Å². The van der Waals surface area contributed by atoms with Crippen LogP contribution in [-0.4, -0.2) is 0 Å². The van der Waals surface area contributed by atoms with Crippen LogP contribution >= 0.6 is 7.81 Å². The van der Waals surface area contributed by atoms with E-state index in [-0.39, 0.29) is 20.9 Å². The van der Waals surface area contributed by atoms with Gasteiger partial charge in [-0.25, -0.2) is 0 Å². The Morgan fingerprint density at radius 3 is 1.09 bits per heavy atom. The summed E-state index contributed by atoms with van der Waals surface area (Å²) in [5.74, 6) is 0. The van der Waals surface area contributed by atoms with Gasteiger partial charge in [0.1, 0.15) is 0 Å². The van der Waals surface area contributed by atoms with Crippen molar-refractivity contribution in [2.45, 2.75) is 6.92 Å². The Hall–Kier alpha value is 0.123. The number of hydrogen-bond acceptors (Lipinski definition) is 1. The first-order valence-corrected chi connectivity index (χ1v) is 3.77. The predicted octanol–water partition coefficient (Wildman–Crippen LogP) is 4.02. The van der Waals surface area contributed by atoms with Crippen LogP contribution in [-0.2, 0) is 19.5 Å². The molecule has 0 rings (SSSR count). The molecule has 0 spiro atoms. The molecule has 0 atom stereocenters. The molecule has 0 aromatic carbocycles. The van der Waals surface area contributed by atoms with E-state index >= 15 is 0 Å². The number of halogens is 6. The summed E-state index contributed by atoms with van der Waals surface area (Å²) in [6, 6.07) is 1.75. The van der Waals surface area contributed by atoms with E-state index in [0.29, 0.717) is 0 Å². The van der Waals surface area contributed by atoms with Crippen LogP contribution in [0.5, 0.6) is 0 Å². The van der Waals surface area contributed by atoms with Crippen molar-refractivity contribution in [2.75, 3.05) is 0 Å². The van der Waals surface area contributed by atoms with Gasteiger partial charge in [0.2, 0.25) is 0 Å². The van der Waals surface area contributed by atoms with Gasteiger partial charge in [0.05, 0.1) is 6.07 Å². The van der Waals surface area contributed by atoms with E-state index in [9.17, 15) is 25.2 Å². The van der Waals surface area contributed by atoms with Crippen molar-refractivity contribution in [1.29, 1.82) is 5.26 Å². The summed E-state index contributed by atoms with van der Waals surface area (Å²) in [5, 5.41) is 7.32. The Bertz CT molecular complexity index is 142. The van der Waals surface area contributed by atoms with Crippen molar-refractivity contribution in [3.8, 4) is 6.07 Å². The molecule has 0 saturated heterocycles. The number of rotatable bonds is 0. The Balaban J connectivity index is -0.0000000569. The topological polar surface area (TPSA) is 23.8 Å². The first kappa shape index (κ1) is 17.3. The maximum Gasteiger partial charge on any atom is 1.00 e. The Labute approximate surface area is 72.9 Å². The molecule has 0 N–H and O–H groups in total. The first-order valence-electron chi connectivity index (χ1n) is 1.74. The molecule has 0 saturated carbocycles. The second-order valence-electron chi connectivity index (χ2n) is 1.18. The van der Waals surface area contributed by atoms with Gasteiger partial charge < -0.3 is 0 Å². The van der Waals surface area contributed by atoms with E-state index in [1.165, 1.54) is 6.92 Å². The zero-order valence-corrected chi connectivity index (χ0v) is 7.53. The molecular formula is C2H4F6NPRh. The van der Waals surface area contributed by atoms with E-state index in [1.54, 1.807) is 6.07 Å². The Morgan fingerprint density at radius 2 is 1.09 bits per heavy atom. The summed E-state index contributed by atoms with van der Waals surface area (Å²) in [4.78, 5) is 0. The van der Waals surface area contributed by atoms with Crippen molar-refractivity contribution in [2.24, 2.45) is 0 Å². The Kier molecular flexibility index (Phi) is 5.09. The SMILES string of the molecule is CC#N.F[P-](F)(F)(F)(F)F.[H+].[Rh]. The molecular weight excluding hydrogens is 286 g/mol. The third-order valence-corrected chi connectivity index (χ3v) is 0. The van der Waals surface area contributed by atoms with Gasteiger partial charge >= 0.3 is 34.4 Å². The molecule has 0 heterocycles. The average Bonchev–Trinajstić information content (AvgIpc) is 1.20. The molecule has 0 aromatic heterocycles. The monoisotopic (exact) mass is 290 g/mol. The molecule has 0 bridgehead atoms.